The second kappa shape index (κ2) is 6.06. The zero-order valence-electron chi connectivity index (χ0n) is 10.4. The first kappa shape index (κ1) is 13.9. The van der Waals surface area contributed by atoms with Crippen LogP contribution < -0.4 is 5.32 Å². The maximum atomic E-state index is 11.9. The van der Waals surface area contributed by atoms with E-state index in [9.17, 15) is 9.59 Å². The third-order valence-electron chi connectivity index (χ3n) is 3.44. The molecule has 0 saturated heterocycles. The average Bonchev–Trinajstić information content (AvgIpc) is 2.26. The summed E-state index contributed by atoms with van der Waals surface area (Å²) < 4.78 is 0. The van der Waals surface area contributed by atoms with Crippen molar-refractivity contribution < 1.29 is 14.7 Å². The molecule has 0 bridgehead atoms. The third-order valence-corrected chi connectivity index (χ3v) is 3.70. The summed E-state index contributed by atoms with van der Waals surface area (Å²) in [6.45, 7) is 0. The van der Waals surface area contributed by atoms with Gasteiger partial charge >= 0.3 is 5.97 Å². The number of carbonyl (C=O) groups excluding carboxylic acids is 1. The van der Waals surface area contributed by atoms with E-state index in [2.05, 4.69) is 5.32 Å². The fraction of sp³-hybridized carbons (Fsp3) is 0.429. The lowest BCUT2D eigenvalue weighted by atomic mass is 9.84. The minimum Gasteiger partial charge on any atom is -0.481 e. The topological polar surface area (TPSA) is 66.4 Å². The second-order valence-electron chi connectivity index (χ2n) is 4.84. The molecule has 0 aromatic heterocycles. The van der Waals surface area contributed by atoms with Gasteiger partial charge < -0.3 is 10.4 Å². The molecule has 0 unspecified atom stereocenters. The van der Waals surface area contributed by atoms with E-state index in [4.69, 9.17) is 16.7 Å². The zero-order valence-corrected chi connectivity index (χ0v) is 11.2. The minimum absolute atomic E-state index is 0.0450. The molecule has 19 heavy (non-hydrogen) atoms. The highest BCUT2D eigenvalue weighted by molar-refractivity contribution is 6.30. The summed E-state index contributed by atoms with van der Waals surface area (Å²) in [6.07, 6.45) is 2.74. The van der Waals surface area contributed by atoms with Gasteiger partial charge in [-0.2, -0.15) is 0 Å². The van der Waals surface area contributed by atoms with Crippen molar-refractivity contribution in [2.75, 3.05) is 0 Å². The molecule has 1 amide bonds. The minimum atomic E-state index is -0.936. The Morgan fingerprint density at radius 2 is 1.95 bits per heavy atom. The molecule has 102 valence electrons. The van der Waals surface area contributed by atoms with Crippen molar-refractivity contribution >= 4 is 23.5 Å². The highest BCUT2D eigenvalue weighted by Crippen LogP contribution is 2.28. The Bertz CT molecular complexity index is 468. The number of halogens is 1. The van der Waals surface area contributed by atoms with E-state index in [0.29, 0.717) is 5.02 Å². The van der Waals surface area contributed by atoms with E-state index in [-0.39, 0.29) is 18.2 Å². The molecule has 1 aliphatic rings. The van der Waals surface area contributed by atoms with Crippen LogP contribution >= 0.6 is 11.6 Å². The first-order valence-corrected chi connectivity index (χ1v) is 6.71. The molecule has 1 saturated carbocycles. The summed E-state index contributed by atoms with van der Waals surface area (Å²) in [5.41, 5.74) is 0.763. The molecule has 5 heteroatoms. The van der Waals surface area contributed by atoms with Crippen LogP contribution in [-0.2, 0) is 9.59 Å². The van der Waals surface area contributed by atoms with Gasteiger partial charge in [0.25, 0.3) is 0 Å². The molecule has 1 aromatic carbocycles. The number of amides is 1. The number of hydrogen-bond donors (Lipinski definition) is 2. The Kier molecular flexibility index (Phi) is 4.43. The normalized spacial score (nSPS) is 16.5. The van der Waals surface area contributed by atoms with Crippen LogP contribution in [0.5, 0.6) is 0 Å². The maximum Gasteiger partial charge on any atom is 0.305 e. The van der Waals surface area contributed by atoms with Gasteiger partial charge in [-0.1, -0.05) is 30.2 Å². The number of rotatable bonds is 5. The summed E-state index contributed by atoms with van der Waals surface area (Å²) in [5.74, 6) is -0.940. The lowest BCUT2D eigenvalue weighted by molar-refractivity contribution is -0.138. The zero-order chi connectivity index (χ0) is 13.8. The smallest absolute Gasteiger partial charge is 0.305 e. The van der Waals surface area contributed by atoms with Crippen LogP contribution in [0.2, 0.25) is 5.02 Å². The Morgan fingerprint density at radius 3 is 2.42 bits per heavy atom. The summed E-state index contributed by atoms with van der Waals surface area (Å²) in [6, 6.07) is 6.39. The molecule has 4 nitrogen and oxygen atoms in total. The number of nitrogens with one attached hydrogen (secondary N) is 1. The molecule has 2 rings (SSSR count). The second-order valence-corrected chi connectivity index (χ2v) is 5.27. The molecule has 1 aliphatic carbocycles. The van der Waals surface area contributed by atoms with E-state index < -0.39 is 12.0 Å². The first-order valence-electron chi connectivity index (χ1n) is 6.34. The van der Waals surface area contributed by atoms with Crippen molar-refractivity contribution in [3.8, 4) is 0 Å². The monoisotopic (exact) mass is 281 g/mol. The predicted octanol–water partition coefficient (Wildman–Crippen LogP) is 2.77. The number of benzene rings is 1. The van der Waals surface area contributed by atoms with Crippen molar-refractivity contribution in [1.82, 2.24) is 5.32 Å². The van der Waals surface area contributed by atoms with Crippen LogP contribution in [0.3, 0.4) is 0 Å². The molecule has 2 N–H and O–H groups in total. The van der Waals surface area contributed by atoms with Gasteiger partial charge in [0, 0.05) is 10.9 Å². The molecule has 0 heterocycles. The number of carboxylic acid groups (broad SMARTS) is 1. The summed E-state index contributed by atoms with van der Waals surface area (Å²) >= 11 is 5.81. The maximum absolute atomic E-state index is 11.9. The molecule has 0 aliphatic heterocycles. The Hall–Kier alpha value is -1.55. The van der Waals surface area contributed by atoms with Crippen LogP contribution in [-0.4, -0.2) is 17.0 Å². The van der Waals surface area contributed by atoms with E-state index in [1.54, 1.807) is 24.3 Å². The SMILES string of the molecule is O=C(O)C[C@H](NC(=O)C1CCC1)c1ccc(Cl)cc1. The Labute approximate surface area is 116 Å². The molecule has 1 fully saturated rings. The van der Waals surface area contributed by atoms with E-state index >= 15 is 0 Å². The van der Waals surface area contributed by atoms with Crippen molar-refractivity contribution in [3.05, 3.63) is 34.9 Å². The van der Waals surface area contributed by atoms with Gasteiger partial charge in [-0.3, -0.25) is 9.59 Å². The lowest BCUT2D eigenvalue weighted by Crippen LogP contribution is -2.37. The van der Waals surface area contributed by atoms with Gasteiger partial charge in [0.05, 0.1) is 12.5 Å². The number of carboxylic acids is 1. The van der Waals surface area contributed by atoms with Crippen molar-refractivity contribution in [2.45, 2.75) is 31.7 Å². The largest absolute Gasteiger partial charge is 0.481 e. The van der Waals surface area contributed by atoms with Gasteiger partial charge in [0.2, 0.25) is 5.91 Å². The molecular formula is C14H16ClNO3. The van der Waals surface area contributed by atoms with Crippen LogP contribution in [0.1, 0.15) is 37.3 Å². The molecular weight excluding hydrogens is 266 g/mol. The molecule has 0 spiro atoms. The summed E-state index contributed by atoms with van der Waals surface area (Å²) in [4.78, 5) is 22.8. The number of carbonyl (C=O) groups is 2. The quantitative estimate of drug-likeness (QED) is 0.872. The molecule has 1 aromatic rings. The van der Waals surface area contributed by atoms with Gasteiger partial charge in [0.1, 0.15) is 0 Å². The molecule has 1 atom stereocenters. The van der Waals surface area contributed by atoms with Crippen molar-refractivity contribution in [2.24, 2.45) is 5.92 Å². The standard InChI is InChI=1S/C14H16ClNO3/c15-11-6-4-9(5-7-11)12(8-13(17)18)16-14(19)10-2-1-3-10/h4-7,10,12H,1-3,8H2,(H,16,19)(H,17,18)/t12-/m0/s1. The lowest BCUT2D eigenvalue weighted by Gasteiger charge is -2.27. The summed E-state index contributed by atoms with van der Waals surface area (Å²) in [5, 5.41) is 12.4. The fourth-order valence-corrected chi connectivity index (χ4v) is 2.21. The van der Waals surface area contributed by atoms with Crippen LogP contribution in [0.4, 0.5) is 0 Å². The van der Waals surface area contributed by atoms with Gasteiger partial charge in [0.15, 0.2) is 0 Å². The molecule has 0 radical (unpaired) electrons. The number of hydrogen-bond acceptors (Lipinski definition) is 2. The van der Waals surface area contributed by atoms with Crippen LogP contribution in [0.15, 0.2) is 24.3 Å². The van der Waals surface area contributed by atoms with Gasteiger partial charge in [-0.05, 0) is 30.5 Å². The van der Waals surface area contributed by atoms with Crippen molar-refractivity contribution in [1.29, 1.82) is 0 Å². The fourth-order valence-electron chi connectivity index (χ4n) is 2.08. The van der Waals surface area contributed by atoms with E-state index in [0.717, 1.165) is 24.8 Å². The van der Waals surface area contributed by atoms with Crippen LogP contribution in [0, 0.1) is 5.92 Å². The van der Waals surface area contributed by atoms with Crippen LogP contribution in [0.25, 0.3) is 0 Å². The highest BCUT2D eigenvalue weighted by Gasteiger charge is 2.28. The van der Waals surface area contributed by atoms with Gasteiger partial charge in [-0.25, -0.2) is 0 Å². The Morgan fingerprint density at radius 1 is 1.32 bits per heavy atom. The van der Waals surface area contributed by atoms with Gasteiger partial charge in [-0.15, -0.1) is 0 Å². The highest BCUT2D eigenvalue weighted by atomic mass is 35.5. The summed E-state index contributed by atoms with van der Waals surface area (Å²) in [7, 11) is 0. The third kappa shape index (κ3) is 3.70. The Balaban J connectivity index is 2.08. The average molecular weight is 282 g/mol. The van der Waals surface area contributed by atoms with Crippen molar-refractivity contribution in [3.63, 3.8) is 0 Å². The first-order chi connectivity index (χ1) is 9.06. The van der Waals surface area contributed by atoms with E-state index in [1.165, 1.54) is 0 Å². The number of aliphatic carboxylic acids is 1. The predicted molar refractivity (Wildman–Crippen MR) is 71.9 cm³/mol. The van der Waals surface area contributed by atoms with E-state index in [1.807, 2.05) is 0 Å².